The Bertz CT molecular complexity index is 731. The number of rotatable bonds is 2. The topological polar surface area (TPSA) is 75.0 Å². The van der Waals surface area contributed by atoms with Gasteiger partial charge in [-0.2, -0.15) is 5.26 Å². The summed E-state index contributed by atoms with van der Waals surface area (Å²) >= 11 is 0. The Morgan fingerprint density at radius 1 is 1.19 bits per heavy atom. The van der Waals surface area contributed by atoms with Crippen molar-refractivity contribution < 1.29 is 17.6 Å². The number of hydrogen-bond acceptors (Lipinski definition) is 4. The third kappa shape index (κ3) is 2.36. The molecule has 2 aliphatic rings. The van der Waals surface area contributed by atoms with Crippen LogP contribution >= 0.6 is 0 Å². The summed E-state index contributed by atoms with van der Waals surface area (Å²) in [5.74, 6) is -1.26. The maximum atomic E-state index is 13.4. The smallest absolute Gasteiger partial charge is 0.166 e. The van der Waals surface area contributed by atoms with Crippen LogP contribution in [-0.4, -0.2) is 24.7 Å². The number of carbonyl (C=O) groups is 1. The highest BCUT2D eigenvalue weighted by atomic mass is 32.2. The Morgan fingerprint density at radius 2 is 1.81 bits per heavy atom. The Labute approximate surface area is 122 Å². The number of halogens is 1. The SMILES string of the molecule is N#Cc1cc(F)cc(C(=O)C2CC3CCC(C2)S3(=O)=O)c1. The molecule has 2 bridgehead atoms. The van der Waals surface area contributed by atoms with Crippen molar-refractivity contribution in [2.75, 3.05) is 0 Å². The van der Waals surface area contributed by atoms with Crippen LogP contribution in [0.4, 0.5) is 4.39 Å². The molecule has 110 valence electrons. The third-order valence-electron chi connectivity index (χ3n) is 4.52. The van der Waals surface area contributed by atoms with Crippen molar-refractivity contribution >= 4 is 15.6 Å². The number of nitriles is 1. The number of fused-ring (bicyclic) bond motifs is 2. The Kier molecular flexibility index (Phi) is 3.33. The van der Waals surface area contributed by atoms with E-state index in [4.69, 9.17) is 5.26 Å². The Morgan fingerprint density at radius 3 is 2.38 bits per heavy atom. The highest BCUT2D eigenvalue weighted by molar-refractivity contribution is 7.93. The van der Waals surface area contributed by atoms with Gasteiger partial charge in [0.25, 0.3) is 0 Å². The monoisotopic (exact) mass is 307 g/mol. The summed E-state index contributed by atoms with van der Waals surface area (Å²) in [6.45, 7) is 0. The van der Waals surface area contributed by atoms with Gasteiger partial charge in [-0.05, 0) is 43.9 Å². The molecule has 1 aromatic carbocycles. The molecular weight excluding hydrogens is 293 g/mol. The zero-order chi connectivity index (χ0) is 15.2. The predicted octanol–water partition coefficient (Wildman–Crippen LogP) is 2.24. The zero-order valence-electron chi connectivity index (χ0n) is 11.3. The van der Waals surface area contributed by atoms with Crippen LogP contribution in [0.1, 0.15) is 41.6 Å². The molecule has 0 aromatic heterocycles. The van der Waals surface area contributed by atoms with Crippen LogP contribution in [0, 0.1) is 23.1 Å². The second kappa shape index (κ2) is 4.92. The second-order valence-corrected chi connectivity index (χ2v) is 8.29. The van der Waals surface area contributed by atoms with Crippen LogP contribution in [0.3, 0.4) is 0 Å². The lowest BCUT2D eigenvalue weighted by molar-refractivity contribution is 0.0905. The minimum atomic E-state index is -3.08. The Hall–Kier alpha value is -1.74. The van der Waals surface area contributed by atoms with Crippen LogP contribution < -0.4 is 0 Å². The van der Waals surface area contributed by atoms with Crippen molar-refractivity contribution in [1.29, 1.82) is 5.26 Å². The van der Waals surface area contributed by atoms with Crippen molar-refractivity contribution in [3.05, 3.63) is 35.1 Å². The number of hydrogen-bond donors (Lipinski definition) is 0. The molecule has 0 amide bonds. The normalized spacial score (nSPS) is 29.8. The number of Topliss-reactive ketones (excluding diaryl/α,β-unsaturated/α-hetero) is 1. The minimum absolute atomic E-state index is 0.102. The maximum Gasteiger partial charge on any atom is 0.166 e. The molecule has 1 aromatic rings. The summed E-state index contributed by atoms with van der Waals surface area (Å²) in [6.07, 6.45) is 1.86. The summed E-state index contributed by atoms with van der Waals surface area (Å²) in [5.41, 5.74) is 0.264. The van der Waals surface area contributed by atoms with Crippen LogP contribution in [0.2, 0.25) is 0 Å². The maximum absolute atomic E-state index is 13.4. The first-order chi connectivity index (χ1) is 9.91. The fourth-order valence-corrected chi connectivity index (χ4v) is 5.93. The Balaban J connectivity index is 1.88. The van der Waals surface area contributed by atoms with E-state index in [1.807, 2.05) is 6.07 Å². The molecule has 0 radical (unpaired) electrons. The lowest BCUT2D eigenvalue weighted by Crippen LogP contribution is -2.36. The first-order valence-electron chi connectivity index (χ1n) is 6.89. The molecule has 6 heteroatoms. The fourth-order valence-electron chi connectivity index (χ4n) is 3.45. The molecule has 3 rings (SSSR count). The number of benzene rings is 1. The van der Waals surface area contributed by atoms with E-state index >= 15 is 0 Å². The molecule has 0 N–H and O–H groups in total. The van der Waals surface area contributed by atoms with Gasteiger partial charge in [-0.15, -0.1) is 0 Å². The van der Waals surface area contributed by atoms with Crippen LogP contribution in [0.25, 0.3) is 0 Å². The molecule has 2 saturated heterocycles. The predicted molar refractivity (Wildman–Crippen MR) is 73.9 cm³/mol. The van der Waals surface area contributed by atoms with E-state index in [-0.39, 0.29) is 22.8 Å². The lowest BCUT2D eigenvalue weighted by atomic mass is 9.90. The summed E-state index contributed by atoms with van der Waals surface area (Å²) in [4.78, 5) is 12.5. The van der Waals surface area contributed by atoms with E-state index in [9.17, 15) is 17.6 Å². The summed E-state index contributed by atoms with van der Waals surface area (Å²) in [7, 11) is -3.08. The number of nitrogens with zero attached hydrogens (tertiary/aromatic N) is 1. The van der Waals surface area contributed by atoms with E-state index < -0.39 is 26.2 Å². The molecule has 4 nitrogen and oxygen atoms in total. The van der Waals surface area contributed by atoms with E-state index in [0.717, 1.165) is 12.1 Å². The van der Waals surface area contributed by atoms with E-state index in [1.54, 1.807) is 0 Å². The van der Waals surface area contributed by atoms with Crippen molar-refractivity contribution in [1.82, 2.24) is 0 Å². The molecule has 2 atom stereocenters. The molecule has 2 unspecified atom stereocenters. The van der Waals surface area contributed by atoms with Crippen LogP contribution in [0.15, 0.2) is 18.2 Å². The first-order valence-corrected chi connectivity index (χ1v) is 8.50. The average molecular weight is 307 g/mol. The molecule has 2 aliphatic heterocycles. The van der Waals surface area contributed by atoms with Crippen LogP contribution in [-0.2, 0) is 9.84 Å². The molecule has 21 heavy (non-hydrogen) atoms. The summed E-state index contributed by atoms with van der Waals surface area (Å²) in [5, 5.41) is 7.96. The van der Waals surface area contributed by atoms with Gasteiger partial charge in [-0.25, -0.2) is 12.8 Å². The van der Waals surface area contributed by atoms with Gasteiger partial charge in [0.1, 0.15) is 5.82 Å². The van der Waals surface area contributed by atoms with Crippen LogP contribution in [0.5, 0.6) is 0 Å². The second-order valence-electron chi connectivity index (χ2n) is 5.78. The summed E-state index contributed by atoms with van der Waals surface area (Å²) in [6, 6.07) is 5.39. The van der Waals surface area contributed by atoms with E-state index in [1.165, 1.54) is 6.07 Å². The number of ketones is 1. The van der Waals surface area contributed by atoms with Gasteiger partial charge in [-0.1, -0.05) is 0 Å². The third-order valence-corrected chi connectivity index (χ3v) is 7.23. The molecule has 0 aliphatic carbocycles. The summed E-state index contributed by atoms with van der Waals surface area (Å²) < 4.78 is 37.5. The van der Waals surface area contributed by atoms with Gasteiger partial charge in [0.05, 0.1) is 22.1 Å². The lowest BCUT2D eigenvalue weighted by Gasteiger charge is -2.27. The van der Waals surface area contributed by atoms with Gasteiger partial charge in [0.2, 0.25) is 0 Å². The van der Waals surface area contributed by atoms with Crippen molar-refractivity contribution in [2.45, 2.75) is 36.2 Å². The highest BCUT2D eigenvalue weighted by Gasteiger charge is 2.48. The minimum Gasteiger partial charge on any atom is -0.294 e. The quantitative estimate of drug-likeness (QED) is 0.785. The number of sulfone groups is 1. The standard InChI is InChI=1S/C15H14FNO3S/c16-12-4-9(8-17)3-10(5-12)15(18)11-6-13-1-2-14(7-11)21(13,19)20/h3-5,11,13-14H,1-2,6-7H2. The number of carbonyl (C=O) groups excluding carboxylic acids is 1. The van der Waals surface area contributed by atoms with Crippen molar-refractivity contribution in [3.8, 4) is 6.07 Å². The van der Waals surface area contributed by atoms with Crippen molar-refractivity contribution in [3.63, 3.8) is 0 Å². The molecule has 2 fully saturated rings. The first kappa shape index (κ1) is 14.2. The zero-order valence-corrected chi connectivity index (χ0v) is 12.1. The van der Waals surface area contributed by atoms with Gasteiger partial charge in [-0.3, -0.25) is 4.79 Å². The van der Waals surface area contributed by atoms with Gasteiger partial charge in [0.15, 0.2) is 15.6 Å². The largest absolute Gasteiger partial charge is 0.294 e. The average Bonchev–Trinajstić information content (AvgIpc) is 2.65. The van der Waals surface area contributed by atoms with Gasteiger partial charge >= 0.3 is 0 Å². The van der Waals surface area contributed by atoms with E-state index in [2.05, 4.69) is 0 Å². The molecule has 0 saturated carbocycles. The molecule has 2 heterocycles. The van der Waals surface area contributed by atoms with Crippen molar-refractivity contribution in [2.24, 2.45) is 5.92 Å². The van der Waals surface area contributed by atoms with Gasteiger partial charge in [0, 0.05) is 11.5 Å². The molecular formula is C15H14FNO3S. The van der Waals surface area contributed by atoms with E-state index in [0.29, 0.717) is 25.7 Å². The fraction of sp³-hybridized carbons (Fsp3) is 0.467. The van der Waals surface area contributed by atoms with Gasteiger partial charge < -0.3 is 0 Å². The highest BCUT2D eigenvalue weighted by Crippen LogP contribution is 2.42. The molecule has 0 spiro atoms.